The molecule has 0 atom stereocenters. The van der Waals surface area contributed by atoms with Crippen LogP contribution < -0.4 is 4.74 Å². The second-order valence-corrected chi connectivity index (χ2v) is 3.71. The highest BCUT2D eigenvalue weighted by Gasteiger charge is 2.18. The Morgan fingerprint density at radius 1 is 1.56 bits per heavy atom. The smallest absolute Gasteiger partial charge is 0.335 e. The Hall–Kier alpha value is -2.02. The highest BCUT2D eigenvalue weighted by molar-refractivity contribution is 5.87. The third-order valence-electron chi connectivity index (χ3n) is 1.89. The normalized spacial score (nSPS) is 10.6. The fraction of sp³-hybridized carbons (Fsp3) is 0.250. The van der Waals surface area contributed by atoms with Crippen LogP contribution in [-0.4, -0.2) is 16.7 Å². The number of hydrogen-bond donors (Lipinski definition) is 1. The topological polar surface area (TPSA) is 46.5 Å². The van der Waals surface area contributed by atoms with E-state index in [4.69, 9.17) is 16.3 Å². The van der Waals surface area contributed by atoms with Crippen LogP contribution in [0, 0.1) is 18.2 Å². The fourth-order valence-electron chi connectivity index (χ4n) is 1.02. The van der Waals surface area contributed by atoms with Crippen LogP contribution in [0.15, 0.2) is 18.2 Å². The van der Waals surface area contributed by atoms with E-state index in [-0.39, 0.29) is 11.3 Å². The Morgan fingerprint density at radius 2 is 2.19 bits per heavy atom. The number of ether oxygens (including phenoxy) is 1. The summed E-state index contributed by atoms with van der Waals surface area (Å²) in [6.45, 7) is 3.22. The number of benzene rings is 1. The second-order valence-electron chi connectivity index (χ2n) is 3.71. The molecule has 0 amide bonds. The predicted molar refractivity (Wildman–Crippen MR) is 56.9 cm³/mol. The lowest BCUT2D eigenvalue weighted by atomic mass is 10.1. The molecule has 84 valence electrons. The Kier molecular flexibility index (Phi) is 3.19. The molecule has 0 aliphatic carbocycles. The van der Waals surface area contributed by atoms with Gasteiger partial charge in [0.1, 0.15) is 0 Å². The average Bonchev–Trinajstić information content (AvgIpc) is 2.20. The molecule has 16 heavy (non-hydrogen) atoms. The van der Waals surface area contributed by atoms with E-state index in [9.17, 15) is 9.18 Å². The van der Waals surface area contributed by atoms with Crippen molar-refractivity contribution in [1.82, 2.24) is 0 Å². The molecule has 1 N–H and O–H groups in total. The minimum Gasteiger partial charge on any atom is -0.478 e. The van der Waals surface area contributed by atoms with Crippen molar-refractivity contribution in [1.29, 1.82) is 0 Å². The van der Waals surface area contributed by atoms with Crippen LogP contribution in [0.5, 0.6) is 5.75 Å². The van der Waals surface area contributed by atoms with Crippen LogP contribution >= 0.6 is 0 Å². The first-order valence-electron chi connectivity index (χ1n) is 4.55. The number of halogens is 1. The molecular formula is C12H11FO3. The van der Waals surface area contributed by atoms with Gasteiger partial charge in [0.15, 0.2) is 17.2 Å². The molecule has 1 aromatic carbocycles. The van der Waals surface area contributed by atoms with Crippen LogP contribution in [0.4, 0.5) is 4.39 Å². The number of carboxylic acids is 1. The molecule has 0 fully saturated rings. The molecule has 0 unspecified atom stereocenters. The van der Waals surface area contributed by atoms with Gasteiger partial charge in [0.05, 0.1) is 5.56 Å². The lowest BCUT2D eigenvalue weighted by Crippen LogP contribution is -2.26. The largest absolute Gasteiger partial charge is 0.478 e. The number of hydrogen-bond acceptors (Lipinski definition) is 2. The van der Waals surface area contributed by atoms with Gasteiger partial charge in [-0.3, -0.25) is 0 Å². The third kappa shape index (κ3) is 2.74. The molecule has 0 saturated heterocycles. The molecule has 0 saturated carbocycles. The highest BCUT2D eigenvalue weighted by Crippen LogP contribution is 2.22. The van der Waals surface area contributed by atoms with Gasteiger partial charge in [-0.25, -0.2) is 9.18 Å². The predicted octanol–water partition coefficient (Wildman–Crippen LogP) is 2.31. The van der Waals surface area contributed by atoms with Crippen molar-refractivity contribution in [2.75, 3.05) is 0 Å². The zero-order valence-electron chi connectivity index (χ0n) is 8.95. The summed E-state index contributed by atoms with van der Waals surface area (Å²) in [4.78, 5) is 10.6. The minimum atomic E-state index is -1.19. The molecule has 0 aliphatic heterocycles. The summed E-state index contributed by atoms with van der Waals surface area (Å²) in [6.07, 6.45) is 5.19. The van der Waals surface area contributed by atoms with E-state index >= 15 is 0 Å². The monoisotopic (exact) mass is 222 g/mol. The molecule has 3 nitrogen and oxygen atoms in total. The first kappa shape index (κ1) is 12.1. The first-order chi connectivity index (χ1) is 7.35. The summed E-state index contributed by atoms with van der Waals surface area (Å²) in [7, 11) is 0. The molecule has 0 aliphatic rings. The third-order valence-corrected chi connectivity index (χ3v) is 1.89. The number of terminal acetylenes is 1. The van der Waals surface area contributed by atoms with Gasteiger partial charge in [-0.1, -0.05) is 5.92 Å². The van der Waals surface area contributed by atoms with Gasteiger partial charge >= 0.3 is 5.97 Å². The number of aromatic carboxylic acids is 1. The molecule has 0 spiro atoms. The Morgan fingerprint density at radius 3 is 2.62 bits per heavy atom. The number of carbonyl (C=O) groups is 1. The molecule has 0 bridgehead atoms. The number of carboxylic acid groups (broad SMARTS) is 1. The van der Waals surface area contributed by atoms with Crippen molar-refractivity contribution in [2.45, 2.75) is 19.4 Å². The van der Waals surface area contributed by atoms with E-state index in [1.165, 1.54) is 12.1 Å². The van der Waals surface area contributed by atoms with E-state index in [0.717, 1.165) is 6.07 Å². The van der Waals surface area contributed by atoms with Crippen molar-refractivity contribution < 1.29 is 19.0 Å². The summed E-state index contributed by atoms with van der Waals surface area (Å²) in [5, 5.41) is 8.64. The highest BCUT2D eigenvalue weighted by atomic mass is 19.1. The average molecular weight is 222 g/mol. The summed E-state index contributed by atoms with van der Waals surface area (Å²) >= 11 is 0. The molecule has 0 aromatic heterocycles. The maximum Gasteiger partial charge on any atom is 0.335 e. The van der Waals surface area contributed by atoms with Crippen molar-refractivity contribution in [3.63, 3.8) is 0 Å². The molecular weight excluding hydrogens is 211 g/mol. The van der Waals surface area contributed by atoms with Crippen molar-refractivity contribution in [3.8, 4) is 18.1 Å². The van der Waals surface area contributed by atoms with Crippen molar-refractivity contribution >= 4 is 5.97 Å². The minimum absolute atomic E-state index is 0.0621. The van der Waals surface area contributed by atoms with E-state index < -0.39 is 17.4 Å². The van der Waals surface area contributed by atoms with E-state index in [1.54, 1.807) is 13.8 Å². The lowest BCUT2D eigenvalue weighted by molar-refractivity contribution is 0.0696. The van der Waals surface area contributed by atoms with Crippen LogP contribution in [0.1, 0.15) is 24.2 Å². The van der Waals surface area contributed by atoms with Gasteiger partial charge in [0.25, 0.3) is 0 Å². The zero-order valence-corrected chi connectivity index (χ0v) is 8.95. The maximum atomic E-state index is 13.4. The Labute approximate surface area is 92.9 Å². The van der Waals surface area contributed by atoms with Gasteiger partial charge in [0, 0.05) is 0 Å². The summed E-state index contributed by atoms with van der Waals surface area (Å²) in [5.74, 6) is 0.347. The van der Waals surface area contributed by atoms with Gasteiger partial charge in [0.2, 0.25) is 0 Å². The Balaban J connectivity index is 3.02. The van der Waals surface area contributed by atoms with Crippen LogP contribution in [0.25, 0.3) is 0 Å². The SMILES string of the molecule is C#CC(C)(C)Oc1ccc(C(=O)O)cc1F. The van der Waals surface area contributed by atoms with E-state index in [1.807, 2.05) is 0 Å². The van der Waals surface area contributed by atoms with Gasteiger partial charge < -0.3 is 9.84 Å². The van der Waals surface area contributed by atoms with Crippen molar-refractivity contribution in [3.05, 3.63) is 29.6 Å². The lowest BCUT2D eigenvalue weighted by Gasteiger charge is -2.20. The van der Waals surface area contributed by atoms with Gasteiger partial charge in [-0.05, 0) is 32.0 Å². The Bertz CT molecular complexity index is 458. The molecule has 4 heteroatoms. The molecule has 0 radical (unpaired) electrons. The molecule has 1 aromatic rings. The zero-order chi connectivity index (χ0) is 12.3. The summed E-state index contributed by atoms with van der Waals surface area (Å²) in [5.41, 5.74) is -1.07. The van der Waals surface area contributed by atoms with Crippen molar-refractivity contribution in [2.24, 2.45) is 0 Å². The van der Waals surface area contributed by atoms with E-state index in [2.05, 4.69) is 5.92 Å². The van der Waals surface area contributed by atoms with Crippen LogP contribution in [0.3, 0.4) is 0 Å². The fourth-order valence-corrected chi connectivity index (χ4v) is 1.02. The van der Waals surface area contributed by atoms with Gasteiger partial charge in [-0.2, -0.15) is 0 Å². The second kappa shape index (κ2) is 4.23. The van der Waals surface area contributed by atoms with Crippen LogP contribution in [-0.2, 0) is 0 Å². The standard InChI is InChI=1S/C12H11FO3/c1-4-12(2,3)16-10-6-5-8(11(14)15)7-9(10)13/h1,5-7H,2-3H3,(H,14,15). The van der Waals surface area contributed by atoms with Gasteiger partial charge in [-0.15, -0.1) is 6.42 Å². The first-order valence-corrected chi connectivity index (χ1v) is 4.55. The number of rotatable bonds is 3. The molecule has 0 heterocycles. The van der Waals surface area contributed by atoms with Crippen LogP contribution in [0.2, 0.25) is 0 Å². The summed E-state index contributed by atoms with van der Waals surface area (Å²) < 4.78 is 18.6. The molecule has 1 rings (SSSR count). The maximum absolute atomic E-state index is 13.4. The summed E-state index contributed by atoms with van der Waals surface area (Å²) in [6, 6.07) is 3.40. The van der Waals surface area contributed by atoms with E-state index in [0.29, 0.717) is 0 Å². The quantitative estimate of drug-likeness (QED) is 0.798.